The molecule has 126 valence electrons. The van der Waals surface area contributed by atoms with Crippen LogP contribution in [0.1, 0.15) is 18.5 Å². The summed E-state index contributed by atoms with van der Waals surface area (Å²) in [5, 5.41) is 8.04. The van der Waals surface area contributed by atoms with Gasteiger partial charge in [0.15, 0.2) is 5.82 Å². The predicted octanol–water partition coefficient (Wildman–Crippen LogP) is 1.46. The number of carbonyl (C=O) groups is 1. The second-order valence-electron chi connectivity index (χ2n) is 6.12. The van der Waals surface area contributed by atoms with Crippen molar-refractivity contribution in [1.82, 2.24) is 15.1 Å². The lowest BCUT2D eigenvalue weighted by atomic mass is 9.94. The van der Waals surface area contributed by atoms with Crippen LogP contribution in [0.4, 0.5) is 5.82 Å². The van der Waals surface area contributed by atoms with Crippen molar-refractivity contribution in [3.05, 3.63) is 54.2 Å². The van der Waals surface area contributed by atoms with Gasteiger partial charge in [0, 0.05) is 38.4 Å². The van der Waals surface area contributed by atoms with Crippen LogP contribution in [-0.4, -0.2) is 47.2 Å². The van der Waals surface area contributed by atoms with Gasteiger partial charge in [0.05, 0.1) is 5.92 Å². The summed E-state index contributed by atoms with van der Waals surface area (Å²) in [4.78, 5) is 16.8. The molecule has 1 aliphatic rings. The third-order valence-electron chi connectivity index (χ3n) is 4.59. The first-order chi connectivity index (χ1) is 11.7. The van der Waals surface area contributed by atoms with Crippen molar-refractivity contribution < 1.29 is 4.79 Å². The number of anilines is 1. The molecular weight excluding hydrogens is 302 g/mol. The molecule has 1 amide bonds. The van der Waals surface area contributed by atoms with E-state index in [9.17, 15) is 4.79 Å². The first-order valence-electron chi connectivity index (χ1n) is 8.29. The van der Waals surface area contributed by atoms with E-state index in [1.54, 1.807) is 6.20 Å². The maximum Gasteiger partial charge on any atom is 0.227 e. The van der Waals surface area contributed by atoms with Gasteiger partial charge in [-0.25, -0.2) is 0 Å². The SMILES string of the molecule is CC(C(=O)N1CCN(c2cccnn2)CC1)C(N)c1ccccc1. The molecule has 2 N–H and O–H groups in total. The molecule has 0 radical (unpaired) electrons. The van der Waals surface area contributed by atoms with Crippen LogP contribution in [0.3, 0.4) is 0 Å². The number of hydrogen-bond donors (Lipinski definition) is 1. The van der Waals surface area contributed by atoms with Crippen LogP contribution >= 0.6 is 0 Å². The number of nitrogens with zero attached hydrogens (tertiary/aromatic N) is 4. The van der Waals surface area contributed by atoms with Gasteiger partial charge in [0.1, 0.15) is 0 Å². The summed E-state index contributed by atoms with van der Waals surface area (Å²) in [5.74, 6) is 0.735. The van der Waals surface area contributed by atoms with Crippen LogP contribution in [0.2, 0.25) is 0 Å². The van der Waals surface area contributed by atoms with E-state index in [0.717, 1.165) is 24.5 Å². The third-order valence-corrected chi connectivity index (χ3v) is 4.59. The van der Waals surface area contributed by atoms with Crippen LogP contribution in [0.25, 0.3) is 0 Å². The molecule has 24 heavy (non-hydrogen) atoms. The topological polar surface area (TPSA) is 75.4 Å². The number of benzene rings is 1. The summed E-state index contributed by atoms with van der Waals surface area (Å²) in [6.07, 6.45) is 1.66. The van der Waals surface area contributed by atoms with E-state index in [2.05, 4.69) is 15.1 Å². The van der Waals surface area contributed by atoms with Gasteiger partial charge >= 0.3 is 0 Å². The molecule has 2 aromatic rings. The van der Waals surface area contributed by atoms with E-state index in [1.165, 1.54) is 0 Å². The van der Waals surface area contributed by atoms with Crippen molar-refractivity contribution in [2.24, 2.45) is 11.7 Å². The Kier molecular flexibility index (Phi) is 5.05. The fourth-order valence-electron chi connectivity index (χ4n) is 3.02. The van der Waals surface area contributed by atoms with E-state index in [4.69, 9.17) is 5.73 Å². The first kappa shape index (κ1) is 16.4. The molecule has 0 spiro atoms. The number of amides is 1. The summed E-state index contributed by atoms with van der Waals surface area (Å²) in [5.41, 5.74) is 7.29. The highest BCUT2D eigenvalue weighted by Crippen LogP contribution is 2.22. The number of carbonyl (C=O) groups excluding carboxylic acids is 1. The smallest absolute Gasteiger partial charge is 0.227 e. The molecule has 2 heterocycles. The largest absolute Gasteiger partial charge is 0.352 e. The number of rotatable bonds is 4. The zero-order valence-electron chi connectivity index (χ0n) is 13.9. The van der Waals surface area contributed by atoms with Crippen LogP contribution in [0, 0.1) is 5.92 Å². The zero-order chi connectivity index (χ0) is 16.9. The number of hydrogen-bond acceptors (Lipinski definition) is 5. The fourth-order valence-corrected chi connectivity index (χ4v) is 3.02. The minimum Gasteiger partial charge on any atom is -0.352 e. The molecule has 0 bridgehead atoms. The number of aromatic nitrogens is 2. The Balaban J connectivity index is 1.59. The van der Waals surface area contributed by atoms with Gasteiger partial charge in [-0.05, 0) is 17.7 Å². The average Bonchev–Trinajstić information content (AvgIpc) is 2.68. The summed E-state index contributed by atoms with van der Waals surface area (Å²) in [6, 6.07) is 13.3. The lowest BCUT2D eigenvalue weighted by Gasteiger charge is -2.37. The molecule has 1 saturated heterocycles. The first-order valence-corrected chi connectivity index (χ1v) is 8.29. The van der Waals surface area contributed by atoms with Crippen LogP contribution in [-0.2, 0) is 4.79 Å². The van der Waals surface area contributed by atoms with Crippen molar-refractivity contribution in [3.63, 3.8) is 0 Å². The van der Waals surface area contributed by atoms with Gasteiger partial charge in [-0.15, -0.1) is 5.10 Å². The Morgan fingerprint density at radius 1 is 1.08 bits per heavy atom. The predicted molar refractivity (Wildman–Crippen MR) is 93.4 cm³/mol. The normalized spacial score (nSPS) is 17.4. The molecule has 6 heteroatoms. The Hall–Kier alpha value is -2.47. The average molecular weight is 325 g/mol. The molecule has 2 unspecified atom stereocenters. The van der Waals surface area contributed by atoms with Gasteiger partial charge in [-0.3, -0.25) is 4.79 Å². The van der Waals surface area contributed by atoms with E-state index < -0.39 is 0 Å². The Labute approximate surface area is 142 Å². The van der Waals surface area contributed by atoms with E-state index in [-0.39, 0.29) is 17.9 Å². The highest BCUT2D eigenvalue weighted by atomic mass is 16.2. The number of piperazine rings is 1. The monoisotopic (exact) mass is 325 g/mol. The molecule has 1 aliphatic heterocycles. The van der Waals surface area contributed by atoms with Gasteiger partial charge in [0.2, 0.25) is 5.91 Å². The second kappa shape index (κ2) is 7.40. The van der Waals surface area contributed by atoms with Gasteiger partial charge in [0.25, 0.3) is 0 Å². The Morgan fingerprint density at radius 3 is 2.42 bits per heavy atom. The van der Waals surface area contributed by atoms with Crippen molar-refractivity contribution in [2.45, 2.75) is 13.0 Å². The highest BCUT2D eigenvalue weighted by Gasteiger charge is 2.29. The van der Waals surface area contributed by atoms with E-state index in [1.807, 2.05) is 54.3 Å². The quantitative estimate of drug-likeness (QED) is 0.921. The number of nitrogens with two attached hydrogens (primary N) is 1. The molecule has 1 aromatic carbocycles. The zero-order valence-corrected chi connectivity index (χ0v) is 13.9. The summed E-state index contributed by atoms with van der Waals surface area (Å²) >= 11 is 0. The maximum atomic E-state index is 12.8. The lowest BCUT2D eigenvalue weighted by molar-refractivity contribution is -0.136. The molecular formula is C18H23N5O. The molecule has 3 rings (SSSR count). The third kappa shape index (κ3) is 3.54. The molecule has 0 saturated carbocycles. The van der Waals surface area contributed by atoms with E-state index in [0.29, 0.717) is 13.1 Å². The molecule has 0 aliphatic carbocycles. The summed E-state index contributed by atoms with van der Waals surface area (Å²) in [7, 11) is 0. The molecule has 2 atom stereocenters. The summed E-state index contributed by atoms with van der Waals surface area (Å²) < 4.78 is 0. The van der Waals surface area contributed by atoms with Crippen LogP contribution in [0.5, 0.6) is 0 Å². The van der Waals surface area contributed by atoms with Crippen molar-refractivity contribution in [3.8, 4) is 0 Å². The van der Waals surface area contributed by atoms with Crippen molar-refractivity contribution >= 4 is 11.7 Å². The minimum atomic E-state index is -0.281. The molecule has 1 fully saturated rings. The van der Waals surface area contributed by atoms with Crippen molar-refractivity contribution in [2.75, 3.05) is 31.1 Å². The van der Waals surface area contributed by atoms with Crippen molar-refractivity contribution in [1.29, 1.82) is 0 Å². The van der Waals surface area contributed by atoms with Gasteiger partial charge < -0.3 is 15.5 Å². The van der Waals surface area contributed by atoms with Crippen LogP contribution < -0.4 is 10.6 Å². The second-order valence-corrected chi connectivity index (χ2v) is 6.12. The van der Waals surface area contributed by atoms with Gasteiger partial charge in [-0.2, -0.15) is 5.10 Å². The molecule has 6 nitrogen and oxygen atoms in total. The van der Waals surface area contributed by atoms with Crippen LogP contribution in [0.15, 0.2) is 48.7 Å². The van der Waals surface area contributed by atoms with E-state index >= 15 is 0 Å². The molecule has 1 aromatic heterocycles. The lowest BCUT2D eigenvalue weighted by Crippen LogP contribution is -2.51. The Bertz CT molecular complexity index is 656. The summed E-state index contributed by atoms with van der Waals surface area (Å²) in [6.45, 7) is 4.80. The standard InChI is InChI=1S/C18H23N5O/c1-14(17(19)15-6-3-2-4-7-15)18(24)23-12-10-22(11-13-23)16-8-5-9-20-21-16/h2-9,14,17H,10-13,19H2,1H3. The van der Waals surface area contributed by atoms with Gasteiger partial charge in [-0.1, -0.05) is 37.3 Å². The fraction of sp³-hybridized carbons (Fsp3) is 0.389. The highest BCUT2D eigenvalue weighted by molar-refractivity contribution is 5.79. The maximum absolute atomic E-state index is 12.8. The Morgan fingerprint density at radius 2 is 1.79 bits per heavy atom. The minimum absolute atomic E-state index is 0.116.